The summed E-state index contributed by atoms with van der Waals surface area (Å²) in [6.07, 6.45) is 1.97. The number of nitrogens with zero attached hydrogens (tertiary/aromatic N) is 2. The van der Waals surface area contributed by atoms with Crippen LogP contribution in [0.5, 0.6) is 0 Å². The first-order chi connectivity index (χ1) is 7.94. The molecule has 5 heteroatoms. The molecule has 96 valence electrons. The van der Waals surface area contributed by atoms with Crippen molar-refractivity contribution in [1.29, 1.82) is 0 Å². The van der Waals surface area contributed by atoms with Crippen molar-refractivity contribution in [2.24, 2.45) is 0 Å². The third-order valence-corrected chi connectivity index (χ3v) is 2.70. The SMILES string of the molecule is CC(C)(C)ON1CCN(C2=COC(=O)C2)CC1. The van der Waals surface area contributed by atoms with Crippen LogP contribution in [0, 0.1) is 0 Å². The van der Waals surface area contributed by atoms with Crippen LogP contribution in [0.1, 0.15) is 27.2 Å². The second kappa shape index (κ2) is 4.66. The number of esters is 1. The predicted octanol–water partition coefficient (Wildman–Crippen LogP) is 1.12. The van der Waals surface area contributed by atoms with Crippen LogP contribution < -0.4 is 0 Å². The Bertz CT molecular complexity index is 325. The number of hydrogen-bond donors (Lipinski definition) is 0. The highest BCUT2D eigenvalue weighted by Gasteiger charge is 2.26. The zero-order valence-electron chi connectivity index (χ0n) is 10.7. The summed E-state index contributed by atoms with van der Waals surface area (Å²) in [6, 6.07) is 0. The first-order valence-electron chi connectivity index (χ1n) is 6.01. The van der Waals surface area contributed by atoms with Gasteiger partial charge in [0.1, 0.15) is 6.26 Å². The van der Waals surface area contributed by atoms with E-state index in [1.165, 1.54) is 0 Å². The van der Waals surface area contributed by atoms with Gasteiger partial charge in [-0.1, -0.05) is 0 Å². The Kier molecular flexibility index (Phi) is 3.40. The molecule has 0 bridgehead atoms. The van der Waals surface area contributed by atoms with Gasteiger partial charge in [0.05, 0.1) is 17.7 Å². The molecule has 0 N–H and O–H groups in total. The molecular formula is C12H20N2O3. The summed E-state index contributed by atoms with van der Waals surface area (Å²) in [4.78, 5) is 19.0. The maximum atomic E-state index is 11.0. The fourth-order valence-electron chi connectivity index (χ4n) is 2.01. The smallest absolute Gasteiger partial charge is 0.316 e. The van der Waals surface area contributed by atoms with Gasteiger partial charge in [-0.3, -0.25) is 9.63 Å². The van der Waals surface area contributed by atoms with Gasteiger partial charge in [-0.25, -0.2) is 0 Å². The number of carbonyl (C=O) groups excluding carboxylic acids is 1. The summed E-state index contributed by atoms with van der Waals surface area (Å²) in [5.74, 6) is -0.159. The molecule has 0 amide bonds. The van der Waals surface area contributed by atoms with Crippen molar-refractivity contribution >= 4 is 5.97 Å². The maximum absolute atomic E-state index is 11.0. The largest absolute Gasteiger partial charge is 0.432 e. The van der Waals surface area contributed by atoms with Gasteiger partial charge < -0.3 is 9.64 Å². The topological polar surface area (TPSA) is 42.0 Å². The van der Waals surface area contributed by atoms with Crippen LogP contribution in [0.3, 0.4) is 0 Å². The van der Waals surface area contributed by atoms with E-state index in [0.29, 0.717) is 6.42 Å². The summed E-state index contributed by atoms with van der Waals surface area (Å²) in [5, 5.41) is 1.99. The lowest BCUT2D eigenvalue weighted by Gasteiger charge is -2.38. The van der Waals surface area contributed by atoms with E-state index in [-0.39, 0.29) is 11.6 Å². The van der Waals surface area contributed by atoms with E-state index in [1.807, 2.05) is 25.8 Å². The molecule has 2 aliphatic heterocycles. The second-order valence-electron chi connectivity index (χ2n) is 5.40. The molecular weight excluding hydrogens is 220 g/mol. The molecule has 2 heterocycles. The number of ether oxygens (including phenoxy) is 1. The van der Waals surface area contributed by atoms with Crippen LogP contribution >= 0.6 is 0 Å². The summed E-state index contributed by atoms with van der Waals surface area (Å²) in [7, 11) is 0. The molecule has 0 spiro atoms. The monoisotopic (exact) mass is 240 g/mol. The van der Waals surface area contributed by atoms with Gasteiger partial charge in [0.2, 0.25) is 0 Å². The average molecular weight is 240 g/mol. The first kappa shape index (κ1) is 12.4. The lowest BCUT2D eigenvalue weighted by atomic mass is 10.2. The van der Waals surface area contributed by atoms with Gasteiger partial charge in [0.15, 0.2) is 0 Å². The molecule has 0 aromatic heterocycles. The summed E-state index contributed by atoms with van der Waals surface area (Å²) >= 11 is 0. The van der Waals surface area contributed by atoms with Crippen molar-refractivity contribution < 1.29 is 14.4 Å². The Morgan fingerprint density at radius 1 is 1.24 bits per heavy atom. The molecule has 5 nitrogen and oxygen atoms in total. The highest BCUT2D eigenvalue weighted by Crippen LogP contribution is 2.20. The minimum atomic E-state index is -0.159. The molecule has 0 saturated carbocycles. The number of piperazine rings is 1. The molecule has 0 aromatic carbocycles. The van der Waals surface area contributed by atoms with E-state index >= 15 is 0 Å². The normalized spacial score (nSPS) is 22.6. The minimum Gasteiger partial charge on any atom is -0.432 e. The Balaban J connectivity index is 1.80. The van der Waals surface area contributed by atoms with E-state index in [4.69, 9.17) is 9.57 Å². The number of hydrogen-bond acceptors (Lipinski definition) is 5. The van der Waals surface area contributed by atoms with Gasteiger partial charge in [-0.2, -0.15) is 5.06 Å². The third kappa shape index (κ3) is 3.44. The van der Waals surface area contributed by atoms with Gasteiger partial charge in [0.25, 0.3) is 0 Å². The quantitative estimate of drug-likeness (QED) is 0.677. The molecule has 2 aliphatic rings. The fourth-order valence-corrected chi connectivity index (χ4v) is 2.01. The van der Waals surface area contributed by atoms with Crippen molar-refractivity contribution in [2.75, 3.05) is 26.2 Å². The minimum absolute atomic E-state index is 0.145. The van der Waals surface area contributed by atoms with E-state index in [9.17, 15) is 4.79 Å². The third-order valence-electron chi connectivity index (χ3n) is 2.70. The lowest BCUT2D eigenvalue weighted by molar-refractivity contribution is -0.238. The molecule has 0 aliphatic carbocycles. The lowest BCUT2D eigenvalue weighted by Crippen LogP contribution is -2.48. The van der Waals surface area contributed by atoms with Crippen molar-refractivity contribution in [1.82, 2.24) is 9.96 Å². The van der Waals surface area contributed by atoms with Gasteiger partial charge in [-0.15, -0.1) is 0 Å². The molecule has 1 saturated heterocycles. The Labute approximate surface area is 102 Å². The summed E-state index contributed by atoms with van der Waals surface area (Å²) < 4.78 is 4.84. The van der Waals surface area contributed by atoms with E-state index < -0.39 is 0 Å². The summed E-state index contributed by atoms with van der Waals surface area (Å²) in [5.41, 5.74) is 0.846. The first-order valence-corrected chi connectivity index (χ1v) is 6.01. The van der Waals surface area contributed by atoms with Crippen LogP contribution in [-0.4, -0.2) is 47.7 Å². The standard InChI is InChI=1S/C12H20N2O3/c1-12(2,3)17-14-6-4-13(5-7-14)10-8-11(15)16-9-10/h9H,4-8H2,1-3H3. The van der Waals surface area contributed by atoms with Crippen LogP contribution in [0.4, 0.5) is 0 Å². The van der Waals surface area contributed by atoms with Crippen LogP contribution in [-0.2, 0) is 14.4 Å². The van der Waals surface area contributed by atoms with Crippen LogP contribution in [0.25, 0.3) is 0 Å². The molecule has 0 aromatic rings. The van der Waals surface area contributed by atoms with Gasteiger partial charge in [0, 0.05) is 26.2 Å². The molecule has 17 heavy (non-hydrogen) atoms. The van der Waals surface area contributed by atoms with E-state index in [1.54, 1.807) is 6.26 Å². The summed E-state index contributed by atoms with van der Waals surface area (Å²) in [6.45, 7) is 9.59. The maximum Gasteiger partial charge on any atom is 0.316 e. The number of cyclic esters (lactones) is 1. The molecule has 2 rings (SSSR count). The van der Waals surface area contributed by atoms with Crippen LogP contribution in [0.15, 0.2) is 12.0 Å². The molecule has 1 fully saturated rings. The highest BCUT2D eigenvalue weighted by molar-refractivity contribution is 5.75. The number of carbonyl (C=O) groups is 1. The molecule has 0 atom stereocenters. The fraction of sp³-hybridized carbons (Fsp3) is 0.750. The number of hydroxylamine groups is 2. The highest BCUT2D eigenvalue weighted by atomic mass is 16.7. The van der Waals surface area contributed by atoms with Crippen molar-refractivity contribution in [3.05, 3.63) is 12.0 Å². The van der Waals surface area contributed by atoms with Crippen molar-refractivity contribution in [2.45, 2.75) is 32.8 Å². The van der Waals surface area contributed by atoms with Gasteiger partial charge >= 0.3 is 5.97 Å². The molecule has 0 unspecified atom stereocenters. The Morgan fingerprint density at radius 3 is 2.35 bits per heavy atom. The van der Waals surface area contributed by atoms with Crippen molar-refractivity contribution in [3.63, 3.8) is 0 Å². The van der Waals surface area contributed by atoms with E-state index in [2.05, 4.69) is 4.90 Å². The number of rotatable bonds is 2. The Hall–Kier alpha value is -1.07. The van der Waals surface area contributed by atoms with Crippen LogP contribution in [0.2, 0.25) is 0 Å². The van der Waals surface area contributed by atoms with Gasteiger partial charge in [-0.05, 0) is 20.8 Å². The average Bonchev–Trinajstić information content (AvgIpc) is 2.63. The zero-order valence-corrected chi connectivity index (χ0v) is 10.7. The zero-order chi connectivity index (χ0) is 12.5. The van der Waals surface area contributed by atoms with Crippen molar-refractivity contribution in [3.8, 4) is 0 Å². The second-order valence-corrected chi connectivity index (χ2v) is 5.40. The molecule has 0 radical (unpaired) electrons. The predicted molar refractivity (Wildman–Crippen MR) is 62.8 cm³/mol. The van der Waals surface area contributed by atoms with E-state index in [0.717, 1.165) is 31.9 Å². The Morgan fingerprint density at radius 2 is 1.88 bits per heavy atom.